The fourth-order valence-corrected chi connectivity index (χ4v) is 19.7. The molecule has 9 aromatic rings. The van der Waals surface area contributed by atoms with Crippen molar-refractivity contribution in [2.24, 2.45) is 0 Å². The number of rotatable bonds is 37. The lowest BCUT2D eigenvalue weighted by Gasteiger charge is -2.26. The van der Waals surface area contributed by atoms with Crippen LogP contribution in [0.3, 0.4) is 0 Å². The van der Waals surface area contributed by atoms with E-state index in [1.165, 1.54) is 21.8 Å². The van der Waals surface area contributed by atoms with E-state index in [1.807, 2.05) is 0 Å². The maximum absolute atomic E-state index is 17.5. The smallest absolute Gasteiger partial charge is 0.388 e. The number of thiol groups is 1. The average molecular weight is 2000 g/mol. The van der Waals surface area contributed by atoms with Crippen molar-refractivity contribution in [2.75, 3.05) is 79.8 Å². The van der Waals surface area contributed by atoms with Gasteiger partial charge in [0.1, 0.15) is 133 Å². The van der Waals surface area contributed by atoms with Crippen molar-refractivity contribution in [3.8, 4) is 0 Å². The van der Waals surface area contributed by atoms with Crippen molar-refractivity contribution in [3.63, 3.8) is 0 Å². The summed E-state index contributed by atoms with van der Waals surface area (Å²) in [4.78, 5) is 157. The predicted molar refractivity (Wildman–Crippen MR) is 421 cm³/mol. The molecule has 71 heteroatoms. The second-order valence-corrected chi connectivity index (χ2v) is 37.0. The van der Waals surface area contributed by atoms with E-state index in [9.17, 15) is 81.0 Å². The SMILES string of the molecule is Nc1ccn([C@@H]2O[C@H](CO[P+](=O)O)[C@@H](OP(=O)(O)OC[C@H]3O[C@@H](n4ccc(N)nc4=O)[C@H](F)[C@@H]3OP(=O)(O)OC[C@H]3O[C@@H](n4cnc5c(N)ncnc54)[C@H](F)[C@@H]3OP(=O)(O)OC[C@H]3O[C@@H](n4ccc(N)nc4=O)[C@H](F)[C@@H]3OP(=O)(O)OC[C@H]3O[C@@H](n4ccc(N)nc4=O)[C@H](F)[C@@H]3OP(=O)(O)OC[C@H]3O[C@@H](n4cnc5c(N)ncnc54)[C@H](n4cc(CCS)nn4)[C@@H]3O)[C@H]2F)c(=O)n1. The Labute approximate surface area is 730 Å². The van der Waals surface area contributed by atoms with E-state index in [0.29, 0.717) is 36.1 Å². The van der Waals surface area contributed by atoms with Gasteiger partial charge in [-0.3, -0.25) is 72.6 Å². The number of aromatic nitrogens is 19. The first-order valence-corrected chi connectivity index (χ1v) is 46.8. The molecular formula is C60H73F5N25O34P6S+. The molecule has 0 bridgehead atoms. The number of aliphatic hydroxyl groups excluding tert-OH is 1. The number of phosphoric ester groups is 5. The third-order valence-electron chi connectivity index (χ3n) is 20.4. The summed E-state index contributed by atoms with van der Waals surface area (Å²) in [5, 5.41) is 20.1. The number of imidazole rings is 2. The molecule has 19 N–H and O–H groups in total. The standard InChI is InChI=1S/C60H72F5N25O34P6S/c61-33-42(24(12-108-125(96)97)115-51(33)84-6-1-29(66)78-57(84)92)120-127(100,101)110-14-26-44(35(63)53(117-26)86-8-3-31(68)80-59(86)94)123-129(104,105)113-17-28-46(37(65)55(119-28)88-20-76-38-47(70)72-18-74-49(38)88)124-130(106,107)112-16-27-45(36(64)54(118-27)87-9-4-32(69)81-60(87)95)122-128(102,103)111-15-25-43(34(62)52(116-25)85-7-2-30(67)79-58(85)93)121-126(98,99)109-13-23-41(91)40(90-11-22(5-10-131)82-83-90)56(114-23)89-21-77-39-48(71)73-19-75-50(39)89/h1-4,6-9,11,18-21,23-28,33-37,40-46,51-56,91H,5,10,12-17H2,(H18-,66,67,68,69,70,71,72,73,74,75,78,79,80,81,92,93,94,95,96,97,98,99,100,101,102,103,104,105,106,107,131)/p+1/t23-,24-,25-,26-,27-,28-,33-,34-,35-,36-,37-,40-,41-,42-,43-,44-,45-,46-,51-,52-,53-,54-,55-,56-/m1/s1. The van der Waals surface area contributed by atoms with Crippen molar-refractivity contribution in [1.29, 1.82) is 0 Å². The largest absolute Gasteiger partial charge is 0.694 e. The highest BCUT2D eigenvalue weighted by Gasteiger charge is 2.59. The van der Waals surface area contributed by atoms with Gasteiger partial charge < -0.3 is 92.4 Å². The summed E-state index contributed by atoms with van der Waals surface area (Å²) in [6, 6.07) is 2.65. The van der Waals surface area contributed by atoms with E-state index >= 15 is 22.0 Å². The monoisotopic (exact) mass is 2000 g/mol. The summed E-state index contributed by atoms with van der Waals surface area (Å²) in [5.41, 5.74) is 29.3. The average Bonchev–Trinajstić information content (AvgIpc) is 1.62. The number of alkyl halides is 5. The lowest BCUT2D eigenvalue weighted by atomic mass is 10.1. The topological polar surface area (TPSA) is 815 Å². The molecule has 131 heavy (non-hydrogen) atoms. The van der Waals surface area contributed by atoms with Crippen LogP contribution in [0.2, 0.25) is 0 Å². The fraction of sp³-hybridized carbons (Fsp3) is 0.533. The number of hydrogen-bond donors (Lipinski definition) is 14. The zero-order valence-electron chi connectivity index (χ0n) is 65.7. The van der Waals surface area contributed by atoms with Crippen molar-refractivity contribution in [3.05, 3.63) is 128 Å². The van der Waals surface area contributed by atoms with Crippen LogP contribution < -0.4 is 57.2 Å². The van der Waals surface area contributed by atoms with Gasteiger partial charge in [-0.15, -0.1) is 14.5 Å². The molecule has 9 aromatic heterocycles. The molecule has 6 fully saturated rings. The van der Waals surface area contributed by atoms with Gasteiger partial charge in [-0.25, -0.2) is 98.5 Å². The number of anilines is 6. The molecule has 712 valence electrons. The van der Waals surface area contributed by atoms with Crippen LogP contribution in [0.15, 0.2) is 99.7 Å². The highest BCUT2D eigenvalue weighted by molar-refractivity contribution is 7.80. The molecule has 0 aliphatic carbocycles. The number of nitrogen functional groups attached to an aromatic ring is 6. The van der Waals surface area contributed by atoms with Gasteiger partial charge in [0.15, 0.2) is 91.2 Å². The highest BCUT2D eigenvalue weighted by atomic mass is 32.1. The van der Waals surface area contributed by atoms with E-state index in [1.54, 1.807) is 0 Å². The minimum Gasteiger partial charge on any atom is -0.388 e. The summed E-state index contributed by atoms with van der Waals surface area (Å²) in [7, 11) is -33.6. The first-order valence-electron chi connectivity index (χ1n) is 37.6. The van der Waals surface area contributed by atoms with Crippen LogP contribution in [0.1, 0.15) is 49.1 Å². The van der Waals surface area contributed by atoms with E-state index in [4.69, 9.17) is 108 Å². The van der Waals surface area contributed by atoms with Crippen LogP contribution in [0.25, 0.3) is 22.3 Å². The summed E-state index contributed by atoms with van der Waals surface area (Å²) < 4.78 is 264. The zero-order chi connectivity index (χ0) is 94.0. The Morgan fingerprint density at radius 2 is 0.718 bits per heavy atom. The molecular weight excluding hydrogens is 1930 g/mol. The van der Waals surface area contributed by atoms with Gasteiger partial charge in [-0.1, -0.05) is 5.21 Å². The number of ether oxygens (including phenoxy) is 6. The number of nitrogens with two attached hydrogens (primary N) is 6. The third kappa shape index (κ3) is 21.0. The van der Waals surface area contributed by atoms with Crippen LogP contribution >= 0.6 is 60.0 Å². The quantitative estimate of drug-likeness (QED) is 0.0115. The molecule has 6 aliphatic heterocycles. The molecule has 0 amide bonds. The lowest BCUT2D eigenvalue weighted by Crippen LogP contribution is -2.37. The number of aryl methyl sites for hydroxylation is 1. The summed E-state index contributed by atoms with van der Waals surface area (Å²) >= 11 is 4.23. The maximum Gasteiger partial charge on any atom is 0.694 e. The van der Waals surface area contributed by atoms with Crippen molar-refractivity contribution < 1.29 is 162 Å². The predicted octanol–water partition coefficient (Wildman–Crippen LogP) is -1.89. The van der Waals surface area contributed by atoms with E-state index < -0.39 is 275 Å². The Balaban J connectivity index is 0.650. The summed E-state index contributed by atoms with van der Waals surface area (Å²) in [6.45, 7) is -8.38. The van der Waals surface area contributed by atoms with Gasteiger partial charge in [0.2, 0.25) is 0 Å². The fourth-order valence-electron chi connectivity index (χ4n) is 14.4. The molecule has 6 unspecified atom stereocenters. The second-order valence-electron chi connectivity index (χ2n) is 28.8. The van der Waals surface area contributed by atoms with Gasteiger partial charge in [-0.05, 0) is 30.0 Å². The molecule has 0 spiro atoms. The Morgan fingerprint density at radius 1 is 0.427 bits per heavy atom. The van der Waals surface area contributed by atoms with E-state index in [2.05, 4.69) is 77.3 Å². The molecule has 30 atom stereocenters. The number of nitrogens with zero attached hydrogens (tertiary/aromatic N) is 19. The number of hydrogen-bond acceptors (Lipinski definition) is 47. The molecule has 6 saturated heterocycles. The van der Waals surface area contributed by atoms with Gasteiger partial charge in [0.25, 0.3) is 0 Å². The number of fused-ring (bicyclic) bond motifs is 2. The van der Waals surface area contributed by atoms with Crippen molar-refractivity contribution in [1.82, 2.24) is 92.2 Å². The number of phosphoric acid groups is 5. The minimum absolute atomic E-state index is 0.0507. The van der Waals surface area contributed by atoms with Crippen molar-refractivity contribution in [2.45, 2.75) is 154 Å². The van der Waals surface area contributed by atoms with Gasteiger partial charge in [-0.2, -0.15) is 32.6 Å². The van der Waals surface area contributed by atoms with Crippen LogP contribution in [-0.2, 0) is 112 Å². The molecule has 0 aromatic carbocycles. The normalized spacial score (nSPS) is 31.7. The zero-order valence-corrected chi connectivity index (χ0v) is 71.9. The maximum atomic E-state index is 17.5. The van der Waals surface area contributed by atoms with Crippen molar-refractivity contribution >= 4 is 117 Å². The summed E-state index contributed by atoms with van der Waals surface area (Å²) in [5.74, 6) is -1.63. The molecule has 6 aliphatic rings. The molecule has 15 heterocycles. The van der Waals surface area contributed by atoms with Gasteiger partial charge in [0, 0.05) is 42.0 Å². The lowest BCUT2D eigenvalue weighted by molar-refractivity contribution is -0.0653. The van der Waals surface area contributed by atoms with Crippen LogP contribution in [0.5, 0.6) is 0 Å². The number of halogens is 5. The van der Waals surface area contributed by atoms with E-state index in [0.717, 1.165) is 72.6 Å². The minimum atomic E-state index is -6.17. The molecule has 0 saturated carbocycles. The number of aliphatic hydroxyl groups is 1. The first-order chi connectivity index (χ1) is 61.9. The van der Waals surface area contributed by atoms with Crippen LogP contribution in [0.4, 0.5) is 56.9 Å². The molecule has 0 radical (unpaired) electrons. The third-order valence-corrected chi connectivity index (χ3v) is 25.9. The highest BCUT2D eigenvalue weighted by Crippen LogP contribution is 2.58. The van der Waals surface area contributed by atoms with Crippen LogP contribution in [0, 0.1) is 0 Å². The Morgan fingerprint density at radius 3 is 1.02 bits per heavy atom. The van der Waals surface area contributed by atoms with Gasteiger partial charge in [0.05, 0.1) is 51.4 Å². The van der Waals surface area contributed by atoms with Crippen LogP contribution in [-0.4, -0.2) is 276 Å². The first kappa shape index (κ1) is 96.4. The van der Waals surface area contributed by atoms with E-state index in [-0.39, 0.29) is 39.8 Å². The Bertz CT molecular complexity index is 6250. The molecule has 59 nitrogen and oxygen atoms in total. The summed E-state index contributed by atoms with van der Waals surface area (Å²) in [6.07, 6.45) is -45.0. The molecule has 15 rings (SSSR count). The Hall–Kier alpha value is -9.15. The van der Waals surface area contributed by atoms with Gasteiger partial charge >= 0.3 is 70.1 Å². The Kier molecular flexibility index (Phi) is 28.5. The second kappa shape index (κ2) is 38.7.